The van der Waals surface area contributed by atoms with Gasteiger partial charge in [0.1, 0.15) is 18.6 Å². The summed E-state index contributed by atoms with van der Waals surface area (Å²) in [6.07, 6.45) is -2.38. The minimum atomic E-state index is -4.74. The molecule has 0 unspecified atom stereocenters. The molecule has 30 heavy (non-hydrogen) atoms. The summed E-state index contributed by atoms with van der Waals surface area (Å²) < 4.78 is 53.2. The third kappa shape index (κ3) is 4.42. The number of alkyl halides is 3. The van der Waals surface area contributed by atoms with Gasteiger partial charge in [0, 0.05) is 22.8 Å². The maximum Gasteiger partial charge on any atom is 0.573 e. The maximum atomic E-state index is 12.2. The lowest BCUT2D eigenvalue weighted by Gasteiger charge is -2.22. The Balaban J connectivity index is 1.40. The second-order valence-electron chi connectivity index (χ2n) is 6.30. The van der Waals surface area contributed by atoms with Crippen molar-refractivity contribution in [1.29, 1.82) is 0 Å². The van der Waals surface area contributed by atoms with Crippen LogP contribution in [-0.4, -0.2) is 38.5 Å². The minimum Gasteiger partial charge on any atom is -0.469 e. The van der Waals surface area contributed by atoms with Crippen molar-refractivity contribution in [3.8, 4) is 28.8 Å². The van der Waals surface area contributed by atoms with Crippen molar-refractivity contribution < 1.29 is 32.3 Å². The first kappa shape index (κ1) is 19.5. The number of benzene rings is 1. The van der Waals surface area contributed by atoms with Crippen molar-refractivity contribution in [2.75, 3.05) is 6.61 Å². The van der Waals surface area contributed by atoms with Gasteiger partial charge in [-0.05, 0) is 28.7 Å². The summed E-state index contributed by atoms with van der Waals surface area (Å²) in [7, 11) is 0. The van der Waals surface area contributed by atoms with E-state index in [0.29, 0.717) is 23.6 Å². The molecule has 1 aliphatic heterocycles. The van der Waals surface area contributed by atoms with Gasteiger partial charge in [0.05, 0.1) is 6.54 Å². The molecule has 0 bridgehead atoms. The highest BCUT2D eigenvalue weighted by Gasteiger charge is 2.31. The minimum absolute atomic E-state index is 0.151. The van der Waals surface area contributed by atoms with Gasteiger partial charge in [0.25, 0.3) is 0 Å². The number of nitrogens with zero attached hydrogens (tertiary/aromatic N) is 4. The maximum absolute atomic E-state index is 12.2. The Morgan fingerprint density at radius 1 is 1.17 bits per heavy atom. The Morgan fingerprint density at radius 2 is 1.90 bits per heavy atom. The van der Waals surface area contributed by atoms with E-state index in [1.165, 1.54) is 41.2 Å². The van der Waals surface area contributed by atoms with Crippen LogP contribution >= 0.6 is 0 Å². The van der Waals surface area contributed by atoms with Gasteiger partial charge in [-0.25, -0.2) is 4.98 Å². The SMILES string of the molecule is O=[N+]([O-])c1cn2c(n1)OC[C@H](Oc1ccc(-c3ccc(OC(F)(F)F)cc3)cn1)C2. The van der Waals surface area contributed by atoms with Crippen LogP contribution in [0.3, 0.4) is 0 Å². The molecular formula is C18H13F3N4O5. The van der Waals surface area contributed by atoms with Crippen LogP contribution in [0.15, 0.2) is 48.8 Å². The average molecular weight is 422 g/mol. The van der Waals surface area contributed by atoms with Crippen molar-refractivity contribution in [1.82, 2.24) is 14.5 Å². The second-order valence-corrected chi connectivity index (χ2v) is 6.30. The number of ether oxygens (including phenoxy) is 3. The number of halogens is 3. The van der Waals surface area contributed by atoms with Gasteiger partial charge < -0.3 is 24.3 Å². The van der Waals surface area contributed by atoms with Gasteiger partial charge in [0.15, 0.2) is 6.10 Å². The lowest BCUT2D eigenvalue weighted by atomic mass is 10.1. The van der Waals surface area contributed by atoms with Crippen LogP contribution in [0.4, 0.5) is 19.0 Å². The van der Waals surface area contributed by atoms with Gasteiger partial charge >= 0.3 is 18.2 Å². The summed E-state index contributed by atoms with van der Waals surface area (Å²) in [5.74, 6) is -0.308. The number of rotatable bonds is 5. The topological polar surface area (TPSA) is 102 Å². The molecule has 0 saturated carbocycles. The van der Waals surface area contributed by atoms with Crippen LogP contribution < -0.4 is 14.2 Å². The quantitative estimate of drug-likeness (QED) is 0.457. The number of pyridine rings is 1. The van der Waals surface area contributed by atoms with Gasteiger partial charge in [-0.2, -0.15) is 0 Å². The standard InChI is InChI=1S/C18H13F3N4O5/c19-18(20,21)30-13-4-1-11(2-5-13)12-3-6-16(22-7-12)29-14-8-24-9-15(25(26)27)23-17(24)28-10-14/h1-7,9,14H,8,10H2/t14-/m1/s1. The lowest BCUT2D eigenvalue weighted by molar-refractivity contribution is -0.389. The zero-order valence-corrected chi connectivity index (χ0v) is 15.1. The second kappa shape index (κ2) is 7.54. The number of hydrogen-bond donors (Lipinski definition) is 0. The Morgan fingerprint density at radius 3 is 2.53 bits per heavy atom. The summed E-state index contributed by atoms with van der Waals surface area (Å²) in [6, 6.07) is 8.88. The Bertz CT molecular complexity index is 1050. The number of hydrogen-bond acceptors (Lipinski definition) is 7. The van der Waals surface area contributed by atoms with E-state index in [2.05, 4.69) is 14.7 Å². The van der Waals surface area contributed by atoms with E-state index in [0.717, 1.165) is 0 Å². The molecule has 1 aromatic carbocycles. The molecule has 0 saturated heterocycles. The number of aromatic nitrogens is 3. The smallest absolute Gasteiger partial charge is 0.469 e. The largest absolute Gasteiger partial charge is 0.573 e. The normalized spacial score (nSPS) is 15.8. The molecule has 9 nitrogen and oxygen atoms in total. The molecule has 0 aliphatic carbocycles. The van der Waals surface area contributed by atoms with Crippen molar-refractivity contribution in [3.63, 3.8) is 0 Å². The van der Waals surface area contributed by atoms with Crippen molar-refractivity contribution in [2.24, 2.45) is 0 Å². The molecule has 0 N–H and O–H groups in total. The molecule has 0 spiro atoms. The van der Waals surface area contributed by atoms with Gasteiger partial charge in [0.2, 0.25) is 5.88 Å². The van der Waals surface area contributed by atoms with Crippen LogP contribution in [0.5, 0.6) is 17.6 Å². The Labute approximate surface area is 166 Å². The van der Waals surface area contributed by atoms with E-state index in [1.54, 1.807) is 12.1 Å². The molecule has 1 aliphatic rings. The predicted molar refractivity (Wildman–Crippen MR) is 95.1 cm³/mol. The highest BCUT2D eigenvalue weighted by molar-refractivity contribution is 5.63. The van der Waals surface area contributed by atoms with Crippen LogP contribution in [0.2, 0.25) is 0 Å². The van der Waals surface area contributed by atoms with E-state index in [-0.39, 0.29) is 24.2 Å². The summed E-state index contributed by atoms with van der Waals surface area (Å²) in [5.41, 5.74) is 1.33. The fourth-order valence-electron chi connectivity index (χ4n) is 2.87. The molecule has 3 aromatic rings. The summed E-state index contributed by atoms with van der Waals surface area (Å²) in [4.78, 5) is 18.2. The molecule has 1 atom stereocenters. The van der Waals surface area contributed by atoms with E-state index < -0.39 is 17.4 Å². The molecule has 0 radical (unpaired) electrons. The fraction of sp³-hybridized carbons (Fsp3) is 0.222. The van der Waals surface area contributed by atoms with Crippen LogP contribution in [-0.2, 0) is 6.54 Å². The van der Waals surface area contributed by atoms with Gasteiger partial charge in [-0.3, -0.25) is 4.57 Å². The predicted octanol–water partition coefficient (Wildman–Crippen LogP) is 3.59. The van der Waals surface area contributed by atoms with Crippen molar-refractivity contribution in [3.05, 3.63) is 58.9 Å². The van der Waals surface area contributed by atoms with Gasteiger partial charge in [-0.1, -0.05) is 12.1 Å². The van der Waals surface area contributed by atoms with E-state index >= 15 is 0 Å². The first-order valence-electron chi connectivity index (χ1n) is 8.60. The summed E-state index contributed by atoms with van der Waals surface area (Å²) >= 11 is 0. The Kier molecular flexibility index (Phi) is 4.90. The molecule has 12 heteroatoms. The number of fused-ring (bicyclic) bond motifs is 1. The van der Waals surface area contributed by atoms with Crippen molar-refractivity contribution >= 4 is 5.82 Å². The summed E-state index contributed by atoms with van der Waals surface area (Å²) in [6.45, 7) is 0.457. The van der Waals surface area contributed by atoms with E-state index in [4.69, 9.17) is 9.47 Å². The molecular weight excluding hydrogens is 409 g/mol. The monoisotopic (exact) mass is 422 g/mol. The lowest BCUT2D eigenvalue weighted by Crippen LogP contribution is -2.34. The first-order chi connectivity index (χ1) is 14.3. The molecule has 4 rings (SSSR count). The zero-order valence-electron chi connectivity index (χ0n) is 15.1. The van der Waals surface area contributed by atoms with Crippen LogP contribution in [0.25, 0.3) is 11.1 Å². The first-order valence-corrected chi connectivity index (χ1v) is 8.60. The molecule has 0 amide bonds. The van der Waals surface area contributed by atoms with Gasteiger partial charge in [-0.15, -0.1) is 13.2 Å². The average Bonchev–Trinajstić information content (AvgIpc) is 3.12. The fourth-order valence-corrected chi connectivity index (χ4v) is 2.87. The molecule has 3 heterocycles. The molecule has 2 aromatic heterocycles. The highest BCUT2D eigenvalue weighted by atomic mass is 19.4. The third-order valence-corrected chi connectivity index (χ3v) is 4.16. The zero-order chi connectivity index (χ0) is 21.3. The van der Waals surface area contributed by atoms with E-state index in [1.807, 2.05) is 0 Å². The molecule has 156 valence electrons. The highest BCUT2D eigenvalue weighted by Crippen LogP contribution is 2.27. The number of nitro groups is 1. The van der Waals surface area contributed by atoms with Crippen molar-refractivity contribution in [2.45, 2.75) is 19.0 Å². The van der Waals surface area contributed by atoms with Crippen LogP contribution in [0.1, 0.15) is 0 Å². The van der Waals surface area contributed by atoms with E-state index in [9.17, 15) is 23.3 Å². The van der Waals surface area contributed by atoms with Crippen LogP contribution in [0, 0.1) is 10.1 Å². The number of imidazole rings is 1. The third-order valence-electron chi connectivity index (χ3n) is 4.16. The molecule has 0 fully saturated rings. The Hall–Kier alpha value is -3.83. The summed E-state index contributed by atoms with van der Waals surface area (Å²) in [5, 5.41) is 10.8.